The number of hydrogen-bond acceptors (Lipinski definition) is 5. The molecule has 1 amide bonds. The second-order valence-electron chi connectivity index (χ2n) is 7.44. The Morgan fingerprint density at radius 2 is 1.82 bits per heavy atom. The number of hydrogen-bond donors (Lipinski definition) is 1. The molecule has 0 unspecified atom stereocenters. The standard InChI is InChI=1S/C20H30N2O5S/c1-26-15-10-11-18(27-2)19(14-15)28(24,25)22-13-6-4-3-5-12-21-20(23)16-8-7-9-17(16)22/h10-11,14,16-17H,3-9,12-13H2,1-2H3,(H,21,23)/t16-,17+/m1/s1. The molecule has 1 aliphatic heterocycles. The highest BCUT2D eigenvalue weighted by Gasteiger charge is 2.42. The van der Waals surface area contributed by atoms with Crippen LogP contribution in [-0.2, 0) is 14.8 Å². The fourth-order valence-electron chi connectivity index (χ4n) is 4.26. The molecule has 2 atom stereocenters. The molecule has 1 aromatic carbocycles. The van der Waals surface area contributed by atoms with Crippen molar-refractivity contribution in [2.24, 2.45) is 5.92 Å². The molecular formula is C20H30N2O5S. The third-order valence-corrected chi connectivity index (χ3v) is 7.69. The van der Waals surface area contributed by atoms with Gasteiger partial charge in [-0.3, -0.25) is 4.79 Å². The van der Waals surface area contributed by atoms with Gasteiger partial charge in [0.05, 0.1) is 20.1 Å². The number of ether oxygens (including phenoxy) is 2. The fourth-order valence-corrected chi connectivity index (χ4v) is 6.16. The van der Waals surface area contributed by atoms with Gasteiger partial charge in [-0.1, -0.05) is 19.3 Å². The zero-order valence-corrected chi connectivity index (χ0v) is 17.5. The van der Waals surface area contributed by atoms with E-state index in [4.69, 9.17) is 9.47 Å². The van der Waals surface area contributed by atoms with Crippen molar-refractivity contribution in [1.82, 2.24) is 9.62 Å². The molecule has 1 N–H and O–H groups in total. The molecule has 8 heteroatoms. The number of benzene rings is 1. The molecule has 2 fully saturated rings. The topological polar surface area (TPSA) is 84.9 Å². The van der Waals surface area contributed by atoms with Crippen LogP contribution in [0.2, 0.25) is 0 Å². The van der Waals surface area contributed by atoms with Crippen LogP contribution < -0.4 is 14.8 Å². The van der Waals surface area contributed by atoms with E-state index in [1.165, 1.54) is 20.3 Å². The molecule has 2 aliphatic rings. The number of methoxy groups -OCH3 is 2. The van der Waals surface area contributed by atoms with Crippen LogP contribution >= 0.6 is 0 Å². The van der Waals surface area contributed by atoms with Gasteiger partial charge in [0, 0.05) is 25.2 Å². The molecule has 1 aromatic rings. The number of nitrogens with one attached hydrogen (secondary N) is 1. The van der Waals surface area contributed by atoms with Gasteiger partial charge in [0.25, 0.3) is 0 Å². The van der Waals surface area contributed by atoms with E-state index < -0.39 is 10.0 Å². The molecule has 1 heterocycles. The predicted molar refractivity (Wildman–Crippen MR) is 106 cm³/mol. The van der Waals surface area contributed by atoms with Gasteiger partial charge in [-0.25, -0.2) is 8.42 Å². The first-order valence-electron chi connectivity index (χ1n) is 10.0. The minimum atomic E-state index is -3.85. The predicted octanol–water partition coefficient (Wildman–Crippen LogP) is 2.55. The van der Waals surface area contributed by atoms with Gasteiger partial charge in [-0.05, 0) is 37.8 Å². The lowest BCUT2D eigenvalue weighted by molar-refractivity contribution is -0.125. The van der Waals surface area contributed by atoms with Gasteiger partial charge in [0.15, 0.2) is 0 Å². The van der Waals surface area contributed by atoms with Crippen LogP contribution in [-0.4, -0.2) is 52.0 Å². The Kier molecular flexibility index (Phi) is 6.82. The molecule has 0 spiro atoms. The maximum absolute atomic E-state index is 13.7. The number of rotatable bonds is 4. The zero-order valence-electron chi connectivity index (χ0n) is 16.6. The summed E-state index contributed by atoms with van der Waals surface area (Å²) in [6.45, 7) is 1.08. The van der Waals surface area contributed by atoms with Crippen molar-refractivity contribution in [2.75, 3.05) is 27.3 Å². The maximum atomic E-state index is 13.7. The lowest BCUT2D eigenvalue weighted by atomic mass is 10.0. The van der Waals surface area contributed by atoms with E-state index in [-0.39, 0.29) is 28.5 Å². The van der Waals surface area contributed by atoms with E-state index in [0.29, 0.717) is 25.3 Å². The molecule has 0 bridgehead atoms. The van der Waals surface area contributed by atoms with Crippen LogP contribution in [0.15, 0.2) is 23.1 Å². The Bertz CT molecular complexity index is 796. The number of fused-ring (bicyclic) bond motifs is 1. The molecule has 1 saturated carbocycles. The van der Waals surface area contributed by atoms with Crippen LogP contribution in [0.5, 0.6) is 11.5 Å². The lowest BCUT2D eigenvalue weighted by Gasteiger charge is -2.32. The first-order chi connectivity index (χ1) is 13.5. The van der Waals surface area contributed by atoms with Crippen molar-refractivity contribution in [2.45, 2.75) is 55.9 Å². The number of amides is 1. The maximum Gasteiger partial charge on any atom is 0.247 e. The second-order valence-corrected chi connectivity index (χ2v) is 9.30. The summed E-state index contributed by atoms with van der Waals surface area (Å²) < 4.78 is 39.5. The van der Waals surface area contributed by atoms with Crippen molar-refractivity contribution < 1.29 is 22.7 Å². The Morgan fingerprint density at radius 1 is 1.04 bits per heavy atom. The van der Waals surface area contributed by atoms with Gasteiger partial charge in [0.1, 0.15) is 16.4 Å². The van der Waals surface area contributed by atoms with E-state index in [0.717, 1.165) is 38.5 Å². The van der Waals surface area contributed by atoms with Crippen molar-refractivity contribution in [3.63, 3.8) is 0 Å². The van der Waals surface area contributed by atoms with Crippen molar-refractivity contribution in [3.05, 3.63) is 18.2 Å². The van der Waals surface area contributed by atoms with E-state index in [1.54, 1.807) is 16.4 Å². The van der Waals surface area contributed by atoms with Gasteiger partial charge < -0.3 is 14.8 Å². The Labute approximate surface area is 167 Å². The lowest BCUT2D eigenvalue weighted by Crippen LogP contribution is -2.47. The summed E-state index contributed by atoms with van der Waals surface area (Å²) in [7, 11) is -0.886. The average molecular weight is 411 g/mol. The zero-order chi connectivity index (χ0) is 20.1. The molecule has 3 rings (SSSR count). The Morgan fingerprint density at radius 3 is 2.57 bits per heavy atom. The normalized spacial score (nSPS) is 24.7. The van der Waals surface area contributed by atoms with Gasteiger partial charge in [-0.15, -0.1) is 0 Å². The first-order valence-corrected chi connectivity index (χ1v) is 11.4. The molecule has 1 aliphatic carbocycles. The summed E-state index contributed by atoms with van der Waals surface area (Å²) >= 11 is 0. The smallest absolute Gasteiger partial charge is 0.247 e. The highest BCUT2D eigenvalue weighted by atomic mass is 32.2. The monoisotopic (exact) mass is 410 g/mol. The summed E-state index contributed by atoms with van der Waals surface area (Å²) in [6.07, 6.45) is 5.90. The molecule has 1 saturated heterocycles. The van der Waals surface area contributed by atoms with Gasteiger partial charge >= 0.3 is 0 Å². The van der Waals surface area contributed by atoms with Crippen molar-refractivity contribution >= 4 is 15.9 Å². The molecule has 156 valence electrons. The second kappa shape index (κ2) is 9.13. The van der Waals surface area contributed by atoms with E-state index in [9.17, 15) is 13.2 Å². The first kappa shape index (κ1) is 20.9. The largest absolute Gasteiger partial charge is 0.497 e. The Balaban J connectivity index is 2.02. The van der Waals surface area contributed by atoms with Crippen molar-refractivity contribution in [3.8, 4) is 11.5 Å². The molecule has 0 aromatic heterocycles. The van der Waals surface area contributed by atoms with Crippen LogP contribution in [0.3, 0.4) is 0 Å². The molecule has 0 radical (unpaired) electrons. The highest BCUT2D eigenvalue weighted by molar-refractivity contribution is 7.89. The number of carbonyl (C=O) groups is 1. The average Bonchev–Trinajstić information content (AvgIpc) is 3.17. The summed E-state index contributed by atoms with van der Waals surface area (Å²) in [5.74, 6) is 0.416. The quantitative estimate of drug-likeness (QED) is 0.825. The molecule has 7 nitrogen and oxygen atoms in total. The molecule has 28 heavy (non-hydrogen) atoms. The van der Waals surface area contributed by atoms with Crippen LogP contribution in [0.4, 0.5) is 0 Å². The minimum absolute atomic E-state index is 0.0257. The highest BCUT2D eigenvalue weighted by Crippen LogP contribution is 2.37. The van der Waals surface area contributed by atoms with Gasteiger partial charge in [-0.2, -0.15) is 4.31 Å². The summed E-state index contributed by atoms with van der Waals surface area (Å²) in [4.78, 5) is 12.8. The third-order valence-electron chi connectivity index (χ3n) is 5.75. The van der Waals surface area contributed by atoms with Crippen LogP contribution in [0.25, 0.3) is 0 Å². The van der Waals surface area contributed by atoms with Crippen molar-refractivity contribution in [1.29, 1.82) is 0 Å². The van der Waals surface area contributed by atoms with Crippen LogP contribution in [0.1, 0.15) is 44.9 Å². The SMILES string of the molecule is COc1ccc(OC)c(S(=O)(=O)N2CCCCCCNC(=O)[C@@H]3CCC[C@@H]32)c1. The minimum Gasteiger partial charge on any atom is -0.497 e. The van der Waals surface area contributed by atoms with Crippen LogP contribution in [0, 0.1) is 5.92 Å². The summed E-state index contributed by atoms with van der Waals surface area (Å²) in [5.41, 5.74) is 0. The third kappa shape index (κ3) is 4.27. The number of sulfonamides is 1. The molecular weight excluding hydrogens is 380 g/mol. The fraction of sp³-hybridized carbons (Fsp3) is 0.650. The Hall–Kier alpha value is -1.80. The number of carbonyl (C=O) groups excluding carboxylic acids is 1. The number of nitrogens with zero attached hydrogens (tertiary/aromatic N) is 1. The van der Waals surface area contributed by atoms with E-state index >= 15 is 0 Å². The van der Waals surface area contributed by atoms with E-state index in [2.05, 4.69) is 5.32 Å². The van der Waals surface area contributed by atoms with E-state index in [1.807, 2.05) is 0 Å². The van der Waals surface area contributed by atoms with Gasteiger partial charge in [0.2, 0.25) is 15.9 Å². The summed E-state index contributed by atoms with van der Waals surface area (Å²) in [5, 5.41) is 3.00. The summed E-state index contributed by atoms with van der Waals surface area (Å²) in [6, 6.07) is 4.47.